The smallest absolute Gasteiger partial charge is 0.274 e. The van der Waals surface area contributed by atoms with Crippen LogP contribution in [0.3, 0.4) is 0 Å². The van der Waals surface area contributed by atoms with Gasteiger partial charge in [0, 0.05) is 34.8 Å². The number of benzene rings is 2. The van der Waals surface area contributed by atoms with E-state index in [0.717, 1.165) is 36.4 Å². The monoisotopic (exact) mass is 470 g/mol. The van der Waals surface area contributed by atoms with Gasteiger partial charge in [-0.3, -0.25) is 9.59 Å². The topological polar surface area (TPSA) is 93.0 Å². The summed E-state index contributed by atoms with van der Waals surface area (Å²) in [4.78, 5) is 28.7. The van der Waals surface area contributed by atoms with E-state index in [1.165, 1.54) is 16.0 Å². The predicted molar refractivity (Wildman–Crippen MR) is 132 cm³/mol. The Balaban J connectivity index is 1.42. The largest absolute Gasteiger partial charge is 0.339 e. The molecule has 2 amide bonds. The number of thiophene rings is 1. The summed E-state index contributed by atoms with van der Waals surface area (Å²) < 4.78 is 1.44. The molecule has 170 valence electrons. The van der Waals surface area contributed by atoms with Gasteiger partial charge in [0.25, 0.3) is 11.8 Å². The first-order valence-corrected chi connectivity index (χ1v) is 11.9. The van der Waals surface area contributed by atoms with E-state index < -0.39 is 0 Å². The average molecular weight is 471 g/mol. The third-order valence-electron chi connectivity index (χ3n) is 5.57. The Morgan fingerprint density at radius 3 is 2.41 bits per heavy atom. The molecule has 2 aromatic carbocycles. The van der Waals surface area contributed by atoms with Crippen LogP contribution in [0.15, 0.2) is 72.1 Å². The van der Waals surface area contributed by atoms with E-state index in [0.29, 0.717) is 17.1 Å². The van der Waals surface area contributed by atoms with Gasteiger partial charge in [-0.25, -0.2) is 0 Å². The number of rotatable bonds is 6. The standard InChI is InChI=1S/C25H22N6O2S/c32-24(26-20-12-10-19(11-13-20)25(33)30-14-4-5-15-30)22(17-21-9-6-16-34-21)31-23(27-28-29-31)18-7-2-1-3-8-18/h1-3,6-13,16-17H,4-5,14-15H2,(H,26,32)/b22-17-. The molecule has 34 heavy (non-hydrogen) atoms. The van der Waals surface area contributed by atoms with E-state index in [9.17, 15) is 9.59 Å². The average Bonchev–Trinajstić information content (AvgIpc) is 3.66. The lowest BCUT2D eigenvalue weighted by Crippen LogP contribution is -2.27. The number of hydrogen-bond donors (Lipinski definition) is 1. The minimum atomic E-state index is -0.364. The van der Waals surface area contributed by atoms with Crippen molar-refractivity contribution >= 4 is 40.6 Å². The molecule has 4 aromatic rings. The number of nitrogens with zero attached hydrogens (tertiary/aromatic N) is 5. The molecule has 2 aromatic heterocycles. The molecular weight excluding hydrogens is 448 g/mol. The highest BCUT2D eigenvalue weighted by Gasteiger charge is 2.21. The van der Waals surface area contributed by atoms with Gasteiger partial charge in [-0.15, -0.1) is 16.4 Å². The summed E-state index contributed by atoms with van der Waals surface area (Å²) in [7, 11) is 0. The summed E-state index contributed by atoms with van der Waals surface area (Å²) in [6.07, 6.45) is 3.84. The molecule has 1 aliphatic heterocycles. The van der Waals surface area contributed by atoms with Crippen LogP contribution in [0.5, 0.6) is 0 Å². The third kappa shape index (κ3) is 4.65. The van der Waals surface area contributed by atoms with Crippen LogP contribution in [0.25, 0.3) is 23.2 Å². The van der Waals surface area contributed by atoms with Crippen LogP contribution in [-0.4, -0.2) is 50.0 Å². The van der Waals surface area contributed by atoms with Crippen molar-refractivity contribution < 1.29 is 9.59 Å². The summed E-state index contributed by atoms with van der Waals surface area (Å²) in [6.45, 7) is 1.59. The number of aromatic nitrogens is 4. The highest BCUT2D eigenvalue weighted by Crippen LogP contribution is 2.23. The fraction of sp³-hybridized carbons (Fsp3) is 0.160. The molecule has 5 rings (SSSR count). The van der Waals surface area contributed by atoms with Gasteiger partial charge in [0.15, 0.2) is 5.82 Å². The molecule has 0 saturated carbocycles. The summed E-state index contributed by atoms with van der Waals surface area (Å²) >= 11 is 1.51. The van der Waals surface area contributed by atoms with Gasteiger partial charge >= 0.3 is 0 Å². The first kappa shape index (κ1) is 21.7. The summed E-state index contributed by atoms with van der Waals surface area (Å²) in [6, 6.07) is 20.3. The second-order valence-electron chi connectivity index (χ2n) is 7.86. The Hall–Kier alpha value is -4.11. The number of anilines is 1. The Kier molecular flexibility index (Phi) is 6.26. The lowest BCUT2D eigenvalue weighted by atomic mass is 10.1. The van der Waals surface area contributed by atoms with Crippen molar-refractivity contribution in [3.8, 4) is 11.4 Å². The van der Waals surface area contributed by atoms with Gasteiger partial charge in [0.05, 0.1) is 0 Å². The zero-order chi connectivity index (χ0) is 23.3. The quantitative estimate of drug-likeness (QED) is 0.425. The van der Waals surface area contributed by atoms with E-state index in [4.69, 9.17) is 0 Å². The van der Waals surface area contributed by atoms with Crippen molar-refractivity contribution in [3.63, 3.8) is 0 Å². The summed E-state index contributed by atoms with van der Waals surface area (Å²) in [5.74, 6) is 0.122. The molecule has 1 aliphatic rings. The molecule has 0 spiro atoms. The van der Waals surface area contributed by atoms with Gasteiger partial charge in [-0.1, -0.05) is 36.4 Å². The summed E-state index contributed by atoms with van der Waals surface area (Å²) in [5.41, 5.74) is 2.26. The molecule has 9 heteroatoms. The van der Waals surface area contributed by atoms with E-state index in [2.05, 4.69) is 20.8 Å². The van der Waals surface area contributed by atoms with Crippen LogP contribution in [0, 0.1) is 0 Å². The highest BCUT2D eigenvalue weighted by molar-refractivity contribution is 7.10. The molecule has 0 aliphatic carbocycles. The number of hydrogen-bond acceptors (Lipinski definition) is 6. The van der Waals surface area contributed by atoms with Crippen LogP contribution in [0.1, 0.15) is 28.1 Å². The summed E-state index contributed by atoms with van der Waals surface area (Å²) in [5, 5.41) is 16.9. The number of nitrogens with one attached hydrogen (secondary N) is 1. The van der Waals surface area contributed by atoms with E-state index in [-0.39, 0.29) is 17.5 Å². The normalized spacial score (nSPS) is 13.8. The second kappa shape index (κ2) is 9.80. The number of carbonyl (C=O) groups is 2. The first-order chi connectivity index (χ1) is 16.7. The third-order valence-corrected chi connectivity index (χ3v) is 6.39. The fourth-order valence-corrected chi connectivity index (χ4v) is 4.49. The minimum absolute atomic E-state index is 0.0230. The fourth-order valence-electron chi connectivity index (χ4n) is 3.84. The molecule has 0 atom stereocenters. The van der Waals surface area contributed by atoms with Crippen LogP contribution in [0.2, 0.25) is 0 Å². The maximum atomic E-state index is 13.4. The van der Waals surface area contributed by atoms with Crippen molar-refractivity contribution in [2.75, 3.05) is 18.4 Å². The maximum Gasteiger partial charge on any atom is 0.274 e. The molecule has 0 unspecified atom stereocenters. The molecule has 1 saturated heterocycles. The van der Waals surface area contributed by atoms with Gasteiger partial charge in [-0.05, 0) is 65.1 Å². The minimum Gasteiger partial charge on any atom is -0.339 e. The Morgan fingerprint density at radius 2 is 1.71 bits per heavy atom. The van der Waals surface area contributed by atoms with Crippen molar-refractivity contribution in [3.05, 3.63) is 82.6 Å². The Bertz CT molecular complexity index is 1310. The molecular formula is C25H22N6O2S. The van der Waals surface area contributed by atoms with E-state index >= 15 is 0 Å². The molecule has 3 heterocycles. The number of tetrazole rings is 1. The maximum absolute atomic E-state index is 13.4. The van der Waals surface area contributed by atoms with Crippen molar-refractivity contribution in [1.82, 2.24) is 25.1 Å². The molecule has 1 N–H and O–H groups in total. The Morgan fingerprint density at radius 1 is 0.941 bits per heavy atom. The van der Waals surface area contributed by atoms with Gasteiger partial charge in [0.1, 0.15) is 5.70 Å². The number of likely N-dealkylation sites (tertiary alicyclic amines) is 1. The van der Waals surface area contributed by atoms with Crippen molar-refractivity contribution in [1.29, 1.82) is 0 Å². The second-order valence-corrected chi connectivity index (χ2v) is 8.84. The highest BCUT2D eigenvalue weighted by atomic mass is 32.1. The van der Waals surface area contributed by atoms with Crippen LogP contribution in [-0.2, 0) is 4.79 Å². The van der Waals surface area contributed by atoms with Gasteiger partial charge < -0.3 is 10.2 Å². The van der Waals surface area contributed by atoms with Crippen LogP contribution in [0.4, 0.5) is 5.69 Å². The SMILES string of the molecule is O=C(Nc1ccc(C(=O)N2CCCC2)cc1)/C(=C/c1cccs1)n1nnnc1-c1ccccc1. The first-order valence-electron chi connectivity index (χ1n) is 11.0. The van der Waals surface area contributed by atoms with Crippen molar-refractivity contribution in [2.45, 2.75) is 12.8 Å². The van der Waals surface area contributed by atoms with Crippen LogP contribution < -0.4 is 5.32 Å². The lowest BCUT2D eigenvalue weighted by Gasteiger charge is -2.15. The molecule has 8 nitrogen and oxygen atoms in total. The van der Waals surface area contributed by atoms with Crippen LogP contribution >= 0.6 is 11.3 Å². The van der Waals surface area contributed by atoms with E-state index in [1.807, 2.05) is 52.7 Å². The molecule has 0 bridgehead atoms. The van der Waals surface area contributed by atoms with E-state index in [1.54, 1.807) is 30.3 Å². The zero-order valence-corrected chi connectivity index (χ0v) is 19.1. The molecule has 0 radical (unpaired) electrons. The number of amides is 2. The number of carbonyl (C=O) groups excluding carboxylic acids is 2. The Labute approximate surface area is 200 Å². The lowest BCUT2D eigenvalue weighted by molar-refractivity contribution is -0.111. The zero-order valence-electron chi connectivity index (χ0n) is 18.3. The van der Waals surface area contributed by atoms with Crippen molar-refractivity contribution in [2.24, 2.45) is 0 Å². The van der Waals surface area contributed by atoms with Gasteiger partial charge in [-0.2, -0.15) is 4.68 Å². The van der Waals surface area contributed by atoms with Gasteiger partial charge in [0.2, 0.25) is 0 Å². The molecule has 1 fully saturated rings. The predicted octanol–water partition coefficient (Wildman–Crippen LogP) is 4.27.